The summed E-state index contributed by atoms with van der Waals surface area (Å²) in [6.45, 7) is 0. The van der Waals surface area contributed by atoms with Crippen molar-refractivity contribution in [3.8, 4) is 11.4 Å². The SMILES string of the molecule is Cn1cnnc1-c1cncc(NC(=O)C2(Cc3ccccc3)CCC2)c1. The van der Waals surface area contributed by atoms with Gasteiger partial charge in [0.1, 0.15) is 6.33 Å². The van der Waals surface area contributed by atoms with Gasteiger partial charge in [0.25, 0.3) is 0 Å². The van der Waals surface area contributed by atoms with Crippen LogP contribution in [0, 0.1) is 5.41 Å². The molecule has 6 heteroatoms. The third-order valence-corrected chi connectivity index (χ3v) is 5.14. The first-order valence-electron chi connectivity index (χ1n) is 8.81. The number of amides is 1. The number of nitrogens with one attached hydrogen (secondary N) is 1. The number of benzene rings is 1. The number of rotatable bonds is 5. The number of pyridine rings is 1. The molecule has 0 bridgehead atoms. The van der Waals surface area contributed by atoms with E-state index >= 15 is 0 Å². The minimum absolute atomic E-state index is 0.0736. The molecule has 6 nitrogen and oxygen atoms in total. The van der Waals surface area contributed by atoms with Gasteiger partial charge in [-0.2, -0.15) is 0 Å². The summed E-state index contributed by atoms with van der Waals surface area (Å²) in [5.41, 5.74) is 2.40. The van der Waals surface area contributed by atoms with Crippen LogP contribution in [0.3, 0.4) is 0 Å². The van der Waals surface area contributed by atoms with Gasteiger partial charge in [-0.05, 0) is 30.9 Å². The molecule has 1 aliphatic rings. The van der Waals surface area contributed by atoms with E-state index in [0.29, 0.717) is 5.69 Å². The second-order valence-corrected chi connectivity index (χ2v) is 6.98. The molecule has 1 amide bonds. The Hall–Kier alpha value is -3.02. The maximum atomic E-state index is 13.0. The first-order chi connectivity index (χ1) is 12.7. The van der Waals surface area contributed by atoms with Crippen LogP contribution >= 0.6 is 0 Å². The van der Waals surface area contributed by atoms with Gasteiger partial charge in [-0.3, -0.25) is 9.78 Å². The fraction of sp³-hybridized carbons (Fsp3) is 0.300. The minimum Gasteiger partial charge on any atom is -0.324 e. The van der Waals surface area contributed by atoms with Gasteiger partial charge >= 0.3 is 0 Å². The Labute approximate surface area is 152 Å². The number of carbonyl (C=O) groups excluding carboxylic acids is 1. The van der Waals surface area contributed by atoms with Gasteiger partial charge in [-0.15, -0.1) is 10.2 Å². The molecule has 0 aliphatic heterocycles. The molecule has 1 N–H and O–H groups in total. The number of nitrogens with zero attached hydrogens (tertiary/aromatic N) is 4. The minimum atomic E-state index is -0.317. The number of carbonyl (C=O) groups is 1. The third-order valence-electron chi connectivity index (χ3n) is 5.14. The van der Waals surface area contributed by atoms with Gasteiger partial charge in [0.15, 0.2) is 5.82 Å². The van der Waals surface area contributed by atoms with Crippen LogP contribution in [0.2, 0.25) is 0 Å². The third kappa shape index (κ3) is 3.10. The number of anilines is 1. The Morgan fingerprint density at radius 2 is 2.04 bits per heavy atom. The maximum absolute atomic E-state index is 13.0. The Kier molecular flexibility index (Phi) is 4.24. The fourth-order valence-corrected chi connectivity index (χ4v) is 3.51. The smallest absolute Gasteiger partial charge is 0.230 e. The van der Waals surface area contributed by atoms with E-state index in [-0.39, 0.29) is 11.3 Å². The molecule has 1 fully saturated rings. The lowest BCUT2D eigenvalue weighted by Crippen LogP contribution is -2.43. The highest BCUT2D eigenvalue weighted by Gasteiger charge is 2.44. The molecule has 2 heterocycles. The summed E-state index contributed by atoms with van der Waals surface area (Å²) in [5, 5.41) is 11.1. The van der Waals surface area contributed by atoms with E-state index in [0.717, 1.165) is 37.1 Å². The molecule has 2 aromatic heterocycles. The lowest BCUT2D eigenvalue weighted by molar-refractivity contribution is -0.130. The van der Waals surface area contributed by atoms with E-state index in [2.05, 4.69) is 32.6 Å². The number of hydrogen-bond acceptors (Lipinski definition) is 4. The molecule has 0 unspecified atom stereocenters. The number of hydrogen-bond donors (Lipinski definition) is 1. The number of aryl methyl sites for hydroxylation is 1. The van der Waals surface area contributed by atoms with Gasteiger partial charge in [-0.25, -0.2) is 0 Å². The predicted molar refractivity (Wildman–Crippen MR) is 99.3 cm³/mol. The van der Waals surface area contributed by atoms with Crippen molar-refractivity contribution in [3.05, 3.63) is 60.7 Å². The zero-order valence-electron chi connectivity index (χ0n) is 14.7. The summed E-state index contributed by atoms with van der Waals surface area (Å²) >= 11 is 0. The average Bonchev–Trinajstić information content (AvgIpc) is 3.05. The summed E-state index contributed by atoms with van der Waals surface area (Å²) < 4.78 is 1.82. The largest absolute Gasteiger partial charge is 0.324 e. The van der Waals surface area contributed by atoms with Crippen molar-refractivity contribution in [3.63, 3.8) is 0 Å². The second kappa shape index (κ2) is 6.71. The van der Waals surface area contributed by atoms with Crippen molar-refractivity contribution in [1.82, 2.24) is 19.7 Å². The van der Waals surface area contributed by atoms with E-state index in [4.69, 9.17) is 0 Å². The topological polar surface area (TPSA) is 72.7 Å². The average molecular weight is 347 g/mol. The molecule has 1 aromatic carbocycles. The monoisotopic (exact) mass is 347 g/mol. The zero-order valence-corrected chi connectivity index (χ0v) is 14.7. The van der Waals surface area contributed by atoms with Crippen LogP contribution in [0.5, 0.6) is 0 Å². The first-order valence-corrected chi connectivity index (χ1v) is 8.81. The van der Waals surface area contributed by atoms with Crippen molar-refractivity contribution in [2.45, 2.75) is 25.7 Å². The Morgan fingerprint density at radius 3 is 2.69 bits per heavy atom. The van der Waals surface area contributed by atoms with Crippen molar-refractivity contribution >= 4 is 11.6 Å². The summed E-state index contributed by atoms with van der Waals surface area (Å²) in [5.74, 6) is 0.792. The normalized spacial score (nSPS) is 15.3. The van der Waals surface area contributed by atoms with Crippen LogP contribution in [0.1, 0.15) is 24.8 Å². The second-order valence-electron chi connectivity index (χ2n) is 6.98. The Morgan fingerprint density at radius 1 is 1.23 bits per heavy atom. The molecule has 26 heavy (non-hydrogen) atoms. The molecule has 4 rings (SSSR count). The van der Waals surface area contributed by atoms with Gasteiger partial charge in [0, 0.05) is 18.8 Å². The highest BCUT2D eigenvalue weighted by atomic mass is 16.2. The quantitative estimate of drug-likeness (QED) is 0.769. The Balaban J connectivity index is 1.53. The van der Waals surface area contributed by atoms with Crippen molar-refractivity contribution in [2.24, 2.45) is 12.5 Å². The molecule has 1 aliphatic carbocycles. The van der Waals surface area contributed by atoms with E-state index in [1.165, 1.54) is 5.56 Å². The molecule has 3 aromatic rings. The molecule has 0 radical (unpaired) electrons. The molecule has 0 spiro atoms. The van der Waals surface area contributed by atoms with Gasteiger partial charge in [-0.1, -0.05) is 36.8 Å². The van der Waals surface area contributed by atoms with Crippen LogP contribution in [-0.2, 0) is 18.3 Å². The summed E-state index contributed by atoms with van der Waals surface area (Å²) in [4.78, 5) is 17.3. The number of aromatic nitrogens is 4. The standard InChI is InChI=1S/C20H21N5O/c1-25-14-22-24-18(25)16-10-17(13-21-12-16)23-19(26)20(8-5-9-20)11-15-6-3-2-4-7-15/h2-4,6-7,10,12-14H,5,8-9,11H2,1H3,(H,23,26). The van der Waals surface area contributed by atoms with Crippen LogP contribution < -0.4 is 5.32 Å². The Bertz CT molecular complexity index is 915. The first kappa shape index (κ1) is 16.4. The summed E-state index contributed by atoms with van der Waals surface area (Å²) in [7, 11) is 1.88. The van der Waals surface area contributed by atoms with E-state index in [1.54, 1.807) is 18.7 Å². The van der Waals surface area contributed by atoms with Gasteiger partial charge < -0.3 is 9.88 Å². The van der Waals surface area contributed by atoms with Crippen LogP contribution in [-0.4, -0.2) is 25.7 Å². The summed E-state index contributed by atoms with van der Waals surface area (Å²) in [6.07, 6.45) is 8.75. The fourth-order valence-electron chi connectivity index (χ4n) is 3.51. The predicted octanol–water partition coefficient (Wildman–Crippen LogP) is 3.23. The van der Waals surface area contributed by atoms with Gasteiger partial charge in [0.05, 0.1) is 17.3 Å². The van der Waals surface area contributed by atoms with E-state index in [1.807, 2.05) is 35.9 Å². The highest BCUT2D eigenvalue weighted by molar-refractivity contribution is 5.96. The molecular formula is C20H21N5O. The molecule has 1 saturated carbocycles. The van der Waals surface area contributed by atoms with Crippen molar-refractivity contribution in [2.75, 3.05) is 5.32 Å². The van der Waals surface area contributed by atoms with E-state index in [9.17, 15) is 4.79 Å². The van der Waals surface area contributed by atoms with E-state index < -0.39 is 0 Å². The molecule has 132 valence electrons. The highest BCUT2D eigenvalue weighted by Crippen LogP contribution is 2.44. The lowest BCUT2D eigenvalue weighted by Gasteiger charge is -2.40. The van der Waals surface area contributed by atoms with Crippen LogP contribution in [0.4, 0.5) is 5.69 Å². The van der Waals surface area contributed by atoms with Crippen LogP contribution in [0.15, 0.2) is 55.1 Å². The van der Waals surface area contributed by atoms with Crippen LogP contribution in [0.25, 0.3) is 11.4 Å². The molecular weight excluding hydrogens is 326 g/mol. The summed E-state index contributed by atoms with van der Waals surface area (Å²) in [6, 6.07) is 12.1. The van der Waals surface area contributed by atoms with Crippen molar-refractivity contribution < 1.29 is 4.79 Å². The van der Waals surface area contributed by atoms with Crippen molar-refractivity contribution in [1.29, 1.82) is 0 Å². The zero-order chi connectivity index (χ0) is 18.0. The van der Waals surface area contributed by atoms with Gasteiger partial charge in [0.2, 0.25) is 5.91 Å². The maximum Gasteiger partial charge on any atom is 0.230 e. The molecule has 0 saturated heterocycles. The lowest BCUT2D eigenvalue weighted by atomic mass is 9.64. The molecule has 0 atom stereocenters.